The van der Waals surface area contributed by atoms with Gasteiger partial charge in [0.15, 0.2) is 0 Å². The van der Waals surface area contributed by atoms with Crippen molar-refractivity contribution < 1.29 is 9.90 Å². The van der Waals surface area contributed by atoms with E-state index in [9.17, 15) is 9.90 Å². The van der Waals surface area contributed by atoms with Crippen molar-refractivity contribution in [1.29, 1.82) is 0 Å². The van der Waals surface area contributed by atoms with E-state index in [1.54, 1.807) is 13.0 Å². The van der Waals surface area contributed by atoms with Crippen LogP contribution in [0, 0.1) is 6.92 Å². The minimum atomic E-state index is -1.10. The molecule has 1 heterocycles. The number of carbonyl (C=O) groups excluding carboxylic acids is 1. The van der Waals surface area contributed by atoms with Crippen LogP contribution in [0.3, 0.4) is 0 Å². The van der Waals surface area contributed by atoms with Gasteiger partial charge in [-0.1, -0.05) is 30.3 Å². The van der Waals surface area contributed by atoms with Crippen LogP contribution in [0.4, 0.5) is 0 Å². The number of hydrogen-bond donors (Lipinski definition) is 0. The first-order chi connectivity index (χ1) is 8.65. The smallest absolute Gasteiger partial charge is 0.127 e. The SMILES string of the molecule is Cc1nc(SCC(=O)[O-])cc(-c2ccccc2)n1. The Morgan fingerprint density at radius 2 is 2.00 bits per heavy atom. The quantitative estimate of drug-likeness (QED) is 0.611. The Hall–Kier alpha value is -1.88. The van der Waals surface area contributed by atoms with Crippen LogP contribution in [0.15, 0.2) is 41.4 Å². The highest BCUT2D eigenvalue weighted by molar-refractivity contribution is 7.99. The fourth-order valence-electron chi connectivity index (χ4n) is 1.50. The van der Waals surface area contributed by atoms with Gasteiger partial charge in [0.05, 0.1) is 11.7 Å². The molecule has 92 valence electrons. The van der Waals surface area contributed by atoms with Crippen molar-refractivity contribution in [3.05, 3.63) is 42.2 Å². The number of benzene rings is 1. The van der Waals surface area contributed by atoms with E-state index in [2.05, 4.69) is 9.97 Å². The summed E-state index contributed by atoms with van der Waals surface area (Å²) in [4.78, 5) is 19.0. The molecule has 0 atom stereocenters. The highest BCUT2D eigenvalue weighted by Crippen LogP contribution is 2.22. The first-order valence-corrected chi connectivity index (χ1v) is 6.37. The van der Waals surface area contributed by atoms with Crippen molar-refractivity contribution in [1.82, 2.24) is 9.97 Å². The molecule has 0 amide bonds. The largest absolute Gasteiger partial charge is 0.549 e. The molecule has 0 aliphatic carbocycles. The monoisotopic (exact) mass is 259 g/mol. The fraction of sp³-hybridized carbons (Fsp3) is 0.154. The lowest BCUT2D eigenvalue weighted by molar-refractivity contribution is -0.301. The third-order valence-electron chi connectivity index (χ3n) is 2.22. The van der Waals surface area contributed by atoms with E-state index in [1.807, 2.05) is 30.3 Å². The van der Waals surface area contributed by atoms with Crippen molar-refractivity contribution in [2.45, 2.75) is 11.9 Å². The maximum Gasteiger partial charge on any atom is 0.127 e. The molecular weight excluding hydrogens is 248 g/mol. The summed E-state index contributed by atoms with van der Waals surface area (Å²) in [5, 5.41) is 11.1. The normalized spacial score (nSPS) is 10.3. The summed E-state index contributed by atoms with van der Waals surface area (Å²) in [6.07, 6.45) is 0. The first kappa shape index (κ1) is 12.6. The lowest BCUT2D eigenvalue weighted by Crippen LogP contribution is -2.24. The molecule has 4 nitrogen and oxygen atoms in total. The minimum absolute atomic E-state index is 0.106. The summed E-state index contributed by atoms with van der Waals surface area (Å²) in [7, 11) is 0. The van der Waals surface area contributed by atoms with Crippen LogP contribution >= 0.6 is 11.8 Å². The van der Waals surface area contributed by atoms with Crippen molar-refractivity contribution in [2.75, 3.05) is 5.75 Å². The lowest BCUT2D eigenvalue weighted by atomic mass is 10.1. The van der Waals surface area contributed by atoms with Gasteiger partial charge in [0, 0.05) is 11.3 Å². The molecule has 18 heavy (non-hydrogen) atoms. The Morgan fingerprint density at radius 1 is 1.28 bits per heavy atom. The fourth-order valence-corrected chi connectivity index (χ4v) is 2.16. The summed E-state index contributed by atoms with van der Waals surface area (Å²) in [6.45, 7) is 1.79. The topological polar surface area (TPSA) is 65.9 Å². The molecule has 0 radical (unpaired) electrons. The Labute approximate surface area is 109 Å². The van der Waals surface area contributed by atoms with E-state index >= 15 is 0 Å². The average molecular weight is 259 g/mol. The second kappa shape index (κ2) is 5.64. The van der Waals surface area contributed by atoms with Crippen LogP contribution in [-0.2, 0) is 4.79 Å². The molecule has 0 saturated carbocycles. The van der Waals surface area contributed by atoms with Gasteiger partial charge in [0.2, 0.25) is 0 Å². The Balaban J connectivity index is 2.29. The van der Waals surface area contributed by atoms with Gasteiger partial charge in [-0.2, -0.15) is 0 Å². The number of aromatic nitrogens is 2. The average Bonchev–Trinajstić information content (AvgIpc) is 2.37. The zero-order valence-corrected chi connectivity index (χ0v) is 10.6. The first-order valence-electron chi connectivity index (χ1n) is 5.39. The lowest BCUT2D eigenvalue weighted by Gasteiger charge is -2.06. The zero-order chi connectivity index (χ0) is 13.0. The van der Waals surface area contributed by atoms with Crippen LogP contribution < -0.4 is 5.11 Å². The molecule has 1 aromatic carbocycles. The molecule has 2 aromatic rings. The summed E-state index contributed by atoms with van der Waals surface area (Å²) in [6, 6.07) is 11.5. The molecule has 0 bridgehead atoms. The van der Waals surface area contributed by atoms with Gasteiger partial charge in [-0.15, -0.1) is 11.8 Å². The molecule has 0 fully saturated rings. The molecule has 0 unspecified atom stereocenters. The van der Waals surface area contributed by atoms with E-state index < -0.39 is 5.97 Å². The van der Waals surface area contributed by atoms with Crippen LogP contribution in [0.5, 0.6) is 0 Å². The van der Waals surface area contributed by atoms with Crippen molar-refractivity contribution in [3.63, 3.8) is 0 Å². The van der Waals surface area contributed by atoms with Gasteiger partial charge in [-0.25, -0.2) is 9.97 Å². The van der Waals surface area contributed by atoms with Gasteiger partial charge < -0.3 is 9.90 Å². The number of carboxylic acid groups (broad SMARTS) is 1. The number of rotatable bonds is 4. The van der Waals surface area contributed by atoms with Crippen molar-refractivity contribution >= 4 is 17.7 Å². The van der Waals surface area contributed by atoms with Crippen LogP contribution in [0.1, 0.15) is 5.82 Å². The number of carboxylic acids is 1. The van der Waals surface area contributed by atoms with Gasteiger partial charge in [-0.3, -0.25) is 0 Å². The van der Waals surface area contributed by atoms with Crippen molar-refractivity contribution in [2.24, 2.45) is 0 Å². The van der Waals surface area contributed by atoms with Gasteiger partial charge in [0.1, 0.15) is 10.9 Å². The second-order valence-corrected chi connectivity index (χ2v) is 4.66. The molecular formula is C13H11N2O2S-. The number of nitrogens with zero attached hydrogens (tertiary/aromatic N) is 2. The van der Waals surface area contributed by atoms with E-state index in [0.717, 1.165) is 23.0 Å². The van der Waals surface area contributed by atoms with Crippen LogP contribution in [0.25, 0.3) is 11.3 Å². The van der Waals surface area contributed by atoms with Gasteiger partial charge >= 0.3 is 0 Å². The Bertz CT molecular complexity index is 558. The van der Waals surface area contributed by atoms with Crippen LogP contribution in [-0.4, -0.2) is 21.7 Å². The molecule has 0 aliphatic rings. The zero-order valence-electron chi connectivity index (χ0n) is 9.79. The maximum atomic E-state index is 10.4. The third-order valence-corrected chi connectivity index (χ3v) is 3.11. The highest BCUT2D eigenvalue weighted by atomic mass is 32.2. The molecule has 0 aliphatic heterocycles. The molecule has 2 rings (SSSR count). The van der Waals surface area contributed by atoms with Gasteiger partial charge in [-0.05, 0) is 13.0 Å². The number of aliphatic carboxylic acids is 1. The second-order valence-electron chi connectivity index (χ2n) is 3.67. The number of carbonyl (C=O) groups is 1. The van der Waals surface area contributed by atoms with Crippen molar-refractivity contribution in [3.8, 4) is 11.3 Å². The third kappa shape index (κ3) is 3.30. The summed E-state index contributed by atoms with van der Waals surface area (Å²) in [5.41, 5.74) is 1.78. The van der Waals surface area contributed by atoms with E-state index in [0.29, 0.717) is 10.9 Å². The van der Waals surface area contributed by atoms with E-state index in [4.69, 9.17) is 0 Å². The number of thioether (sulfide) groups is 1. The summed E-state index contributed by atoms with van der Waals surface area (Å²) >= 11 is 1.14. The number of hydrogen-bond acceptors (Lipinski definition) is 5. The summed E-state index contributed by atoms with van der Waals surface area (Å²) < 4.78 is 0. The van der Waals surface area contributed by atoms with E-state index in [1.165, 1.54) is 0 Å². The molecule has 0 saturated heterocycles. The Morgan fingerprint density at radius 3 is 2.67 bits per heavy atom. The maximum absolute atomic E-state index is 10.4. The standard InChI is InChI=1S/C13H12N2O2S/c1-9-14-11(10-5-3-2-4-6-10)7-12(15-9)18-8-13(16)17/h2-7H,8H2,1H3,(H,16,17)/p-1. The minimum Gasteiger partial charge on any atom is -0.549 e. The molecule has 1 aromatic heterocycles. The van der Waals surface area contributed by atoms with E-state index in [-0.39, 0.29) is 5.75 Å². The number of aryl methyl sites for hydroxylation is 1. The van der Waals surface area contributed by atoms with Gasteiger partial charge in [0.25, 0.3) is 0 Å². The summed E-state index contributed by atoms with van der Waals surface area (Å²) in [5.74, 6) is -0.584. The molecule has 5 heteroatoms. The predicted molar refractivity (Wildman–Crippen MR) is 67.9 cm³/mol. The predicted octanol–water partition coefficient (Wildman–Crippen LogP) is 1.29. The molecule has 0 N–H and O–H groups in total. The van der Waals surface area contributed by atoms with Crippen LogP contribution in [0.2, 0.25) is 0 Å². The Kier molecular flexibility index (Phi) is 3.94. The molecule has 0 spiro atoms. The highest BCUT2D eigenvalue weighted by Gasteiger charge is 2.04.